The standard InChI is InChI=1S/C14H25NO3/c1-9(2)5-6-13(17)15-8-11(16)7-12(15)14(18)10(3)4/h9-12,16H,5-8H2,1-4H3. The number of hydrogen-bond acceptors (Lipinski definition) is 3. The van der Waals surface area contributed by atoms with Crippen LogP contribution in [0.15, 0.2) is 0 Å². The van der Waals surface area contributed by atoms with Crippen molar-refractivity contribution in [1.82, 2.24) is 4.90 Å². The van der Waals surface area contributed by atoms with E-state index in [0.29, 0.717) is 25.3 Å². The fraction of sp³-hybridized carbons (Fsp3) is 0.857. The summed E-state index contributed by atoms with van der Waals surface area (Å²) < 4.78 is 0. The van der Waals surface area contributed by atoms with E-state index in [1.807, 2.05) is 13.8 Å². The molecule has 1 rings (SSSR count). The van der Waals surface area contributed by atoms with Crippen molar-refractivity contribution in [3.8, 4) is 0 Å². The smallest absolute Gasteiger partial charge is 0.223 e. The van der Waals surface area contributed by atoms with E-state index in [1.165, 1.54) is 0 Å². The molecule has 0 aromatic rings. The van der Waals surface area contributed by atoms with Crippen LogP contribution in [0, 0.1) is 11.8 Å². The monoisotopic (exact) mass is 255 g/mol. The van der Waals surface area contributed by atoms with Crippen LogP contribution in [0.4, 0.5) is 0 Å². The molecule has 0 bridgehead atoms. The molecule has 1 amide bonds. The Kier molecular flexibility index (Phi) is 5.32. The molecule has 1 fully saturated rings. The number of carbonyl (C=O) groups excluding carboxylic acids is 2. The van der Waals surface area contributed by atoms with E-state index < -0.39 is 12.1 Å². The molecular weight excluding hydrogens is 230 g/mol. The molecular formula is C14H25NO3. The largest absolute Gasteiger partial charge is 0.391 e. The van der Waals surface area contributed by atoms with Gasteiger partial charge in [0, 0.05) is 25.3 Å². The lowest BCUT2D eigenvalue weighted by Gasteiger charge is -2.25. The molecule has 4 nitrogen and oxygen atoms in total. The summed E-state index contributed by atoms with van der Waals surface area (Å²) in [6.07, 6.45) is 1.13. The van der Waals surface area contributed by atoms with Crippen molar-refractivity contribution in [3.05, 3.63) is 0 Å². The van der Waals surface area contributed by atoms with Crippen molar-refractivity contribution >= 4 is 11.7 Å². The van der Waals surface area contributed by atoms with Gasteiger partial charge in [0.1, 0.15) is 0 Å². The molecule has 1 saturated heterocycles. The van der Waals surface area contributed by atoms with Crippen LogP contribution in [0.25, 0.3) is 0 Å². The molecule has 2 unspecified atom stereocenters. The molecule has 1 heterocycles. The predicted molar refractivity (Wildman–Crippen MR) is 70.0 cm³/mol. The minimum Gasteiger partial charge on any atom is -0.391 e. The Balaban J connectivity index is 2.66. The van der Waals surface area contributed by atoms with Gasteiger partial charge >= 0.3 is 0 Å². The van der Waals surface area contributed by atoms with Crippen molar-refractivity contribution in [1.29, 1.82) is 0 Å². The lowest BCUT2D eigenvalue weighted by molar-refractivity contribution is -0.139. The zero-order chi connectivity index (χ0) is 13.9. The summed E-state index contributed by atoms with van der Waals surface area (Å²) in [6, 6.07) is -0.417. The highest BCUT2D eigenvalue weighted by atomic mass is 16.3. The minimum absolute atomic E-state index is 0.000694. The number of amides is 1. The molecule has 0 saturated carbocycles. The lowest BCUT2D eigenvalue weighted by atomic mass is 9.99. The van der Waals surface area contributed by atoms with E-state index in [0.717, 1.165) is 6.42 Å². The molecule has 0 aromatic carbocycles. The number of Topliss-reactive ketones (excluding diaryl/α,β-unsaturated/α-hetero) is 1. The van der Waals surface area contributed by atoms with Crippen LogP contribution in [0.3, 0.4) is 0 Å². The van der Waals surface area contributed by atoms with Gasteiger partial charge in [-0.3, -0.25) is 9.59 Å². The molecule has 104 valence electrons. The molecule has 0 radical (unpaired) electrons. The van der Waals surface area contributed by atoms with Gasteiger partial charge in [-0.25, -0.2) is 0 Å². The lowest BCUT2D eigenvalue weighted by Crippen LogP contribution is -2.42. The Morgan fingerprint density at radius 1 is 1.28 bits per heavy atom. The summed E-state index contributed by atoms with van der Waals surface area (Å²) in [4.78, 5) is 25.7. The third-order valence-corrected chi connectivity index (χ3v) is 3.43. The van der Waals surface area contributed by atoms with Gasteiger partial charge in [0.2, 0.25) is 5.91 Å². The first-order valence-electron chi connectivity index (χ1n) is 6.84. The van der Waals surface area contributed by atoms with Crippen LogP contribution in [-0.4, -0.2) is 40.4 Å². The van der Waals surface area contributed by atoms with E-state index >= 15 is 0 Å². The summed E-state index contributed by atoms with van der Waals surface area (Å²) in [5, 5.41) is 9.68. The fourth-order valence-corrected chi connectivity index (χ4v) is 2.30. The summed E-state index contributed by atoms with van der Waals surface area (Å²) in [5.41, 5.74) is 0. The Bertz CT molecular complexity index is 312. The molecule has 2 atom stereocenters. The molecule has 1 aliphatic rings. The summed E-state index contributed by atoms with van der Waals surface area (Å²) in [5.74, 6) is 0.435. The summed E-state index contributed by atoms with van der Waals surface area (Å²) in [6.45, 7) is 8.12. The normalized spacial score (nSPS) is 24.1. The van der Waals surface area contributed by atoms with Crippen LogP contribution < -0.4 is 0 Å². The number of carbonyl (C=O) groups is 2. The molecule has 4 heteroatoms. The van der Waals surface area contributed by atoms with Gasteiger partial charge in [-0.2, -0.15) is 0 Å². The number of nitrogens with zero attached hydrogens (tertiary/aromatic N) is 1. The Labute approximate surface area is 109 Å². The second kappa shape index (κ2) is 6.32. The van der Waals surface area contributed by atoms with E-state index in [2.05, 4.69) is 13.8 Å². The van der Waals surface area contributed by atoms with Crippen molar-refractivity contribution in [2.24, 2.45) is 11.8 Å². The van der Waals surface area contributed by atoms with Crippen molar-refractivity contribution < 1.29 is 14.7 Å². The number of ketones is 1. The van der Waals surface area contributed by atoms with Gasteiger partial charge in [-0.1, -0.05) is 27.7 Å². The number of likely N-dealkylation sites (tertiary alicyclic amines) is 1. The first-order chi connectivity index (χ1) is 8.32. The summed E-state index contributed by atoms with van der Waals surface area (Å²) >= 11 is 0. The maximum Gasteiger partial charge on any atom is 0.223 e. The van der Waals surface area contributed by atoms with Gasteiger partial charge in [0.15, 0.2) is 5.78 Å². The van der Waals surface area contributed by atoms with Crippen LogP contribution in [0.5, 0.6) is 0 Å². The third-order valence-electron chi connectivity index (χ3n) is 3.43. The Hall–Kier alpha value is -0.900. The van der Waals surface area contributed by atoms with E-state index in [9.17, 15) is 14.7 Å². The molecule has 1 aliphatic heterocycles. The van der Waals surface area contributed by atoms with E-state index in [4.69, 9.17) is 0 Å². The number of aliphatic hydroxyl groups excluding tert-OH is 1. The van der Waals surface area contributed by atoms with Gasteiger partial charge in [-0.15, -0.1) is 0 Å². The summed E-state index contributed by atoms with van der Waals surface area (Å²) in [7, 11) is 0. The van der Waals surface area contributed by atoms with Crippen LogP contribution in [0.2, 0.25) is 0 Å². The first kappa shape index (κ1) is 15.2. The Morgan fingerprint density at radius 3 is 2.39 bits per heavy atom. The second-order valence-corrected chi connectivity index (χ2v) is 5.94. The number of β-amino-alcohol motifs (C(OH)–C–C–N with tert-alkyl or cyclic N) is 1. The quantitative estimate of drug-likeness (QED) is 0.812. The minimum atomic E-state index is -0.555. The highest BCUT2D eigenvalue weighted by molar-refractivity contribution is 5.90. The second-order valence-electron chi connectivity index (χ2n) is 5.94. The van der Waals surface area contributed by atoms with Gasteiger partial charge in [0.25, 0.3) is 0 Å². The highest BCUT2D eigenvalue weighted by Gasteiger charge is 2.38. The maximum atomic E-state index is 12.1. The van der Waals surface area contributed by atoms with Gasteiger partial charge in [0.05, 0.1) is 12.1 Å². The van der Waals surface area contributed by atoms with Gasteiger partial charge in [-0.05, 0) is 12.3 Å². The molecule has 0 aromatic heterocycles. The van der Waals surface area contributed by atoms with Crippen LogP contribution >= 0.6 is 0 Å². The zero-order valence-corrected chi connectivity index (χ0v) is 11.8. The molecule has 0 spiro atoms. The maximum absolute atomic E-state index is 12.1. The van der Waals surface area contributed by atoms with Crippen LogP contribution in [-0.2, 0) is 9.59 Å². The number of hydrogen-bond donors (Lipinski definition) is 1. The average Bonchev–Trinajstić information content (AvgIpc) is 2.66. The average molecular weight is 255 g/mol. The molecule has 0 aliphatic carbocycles. The van der Waals surface area contributed by atoms with Crippen LogP contribution in [0.1, 0.15) is 47.0 Å². The topological polar surface area (TPSA) is 57.6 Å². The van der Waals surface area contributed by atoms with E-state index in [1.54, 1.807) is 4.90 Å². The fourth-order valence-electron chi connectivity index (χ4n) is 2.30. The van der Waals surface area contributed by atoms with E-state index in [-0.39, 0.29) is 17.6 Å². The predicted octanol–water partition coefficient (Wildman–Crippen LogP) is 1.61. The van der Waals surface area contributed by atoms with Gasteiger partial charge < -0.3 is 10.0 Å². The SMILES string of the molecule is CC(C)CCC(=O)N1CC(O)CC1C(=O)C(C)C. The van der Waals surface area contributed by atoms with Crippen molar-refractivity contribution in [2.45, 2.75) is 59.1 Å². The Morgan fingerprint density at radius 2 is 1.89 bits per heavy atom. The first-order valence-corrected chi connectivity index (χ1v) is 6.84. The third kappa shape index (κ3) is 3.80. The van der Waals surface area contributed by atoms with Crippen molar-refractivity contribution in [3.63, 3.8) is 0 Å². The van der Waals surface area contributed by atoms with Crippen molar-refractivity contribution in [2.75, 3.05) is 6.54 Å². The molecule has 1 N–H and O–H groups in total. The number of rotatable bonds is 5. The molecule has 18 heavy (non-hydrogen) atoms. The zero-order valence-electron chi connectivity index (χ0n) is 11.8. The number of aliphatic hydroxyl groups is 1. The highest BCUT2D eigenvalue weighted by Crippen LogP contribution is 2.23.